The van der Waals surface area contributed by atoms with E-state index in [0.29, 0.717) is 41.8 Å². The molecule has 3 heterocycles. The number of hydrogen-bond donors (Lipinski definition) is 1. The first-order valence-electron chi connectivity index (χ1n) is 9.79. The van der Waals surface area contributed by atoms with Gasteiger partial charge in [0.05, 0.1) is 40.3 Å². The molecule has 1 amide bonds. The fraction of sp³-hybridized carbons (Fsp3) is 0.400. The maximum atomic E-state index is 12.6. The van der Waals surface area contributed by atoms with Gasteiger partial charge in [-0.15, -0.1) is 0 Å². The number of amides is 1. The first-order chi connectivity index (χ1) is 15.6. The summed E-state index contributed by atoms with van der Waals surface area (Å²) in [6.45, 7) is 2.97. The van der Waals surface area contributed by atoms with E-state index in [4.69, 9.17) is 18.9 Å². The maximum absolute atomic E-state index is 12.6. The summed E-state index contributed by atoms with van der Waals surface area (Å²) in [7, 11) is 4.58. The lowest BCUT2D eigenvalue weighted by molar-refractivity contribution is -0.113. The lowest BCUT2D eigenvalue weighted by atomic mass is 10.2. The standard InChI is InChI=1S/C20H23N5O5S2/c1-27-13-8-12(9-14(28-2)16(13)29-3)23-15(26)10-31-19-17-18(21-11-22-19)24-20(32-17)25-4-6-30-7-5-25/h8-9,11H,4-7,10H2,1-3H3,(H,23,26). The number of hydrogen-bond acceptors (Lipinski definition) is 11. The van der Waals surface area contributed by atoms with Crippen LogP contribution in [0.25, 0.3) is 10.3 Å². The third kappa shape index (κ3) is 4.81. The van der Waals surface area contributed by atoms with Crippen molar-refractivity contribution in [1.82, 2.24) is 15.0 Å². The van der Waals surface area contributed by atoms with E-state index in [1.807, 2.05) is 0 Å². The van der Waals surface area contributed by atoms with E-state index in [1.54, 1.807) is 12.1 Å². The molecule has 4 rings (SSSR count). The molecule has 1 saturated heterocycles. The van der Waals surface area contributed by atoms with Crippen LogP contribution < -0.4 is 24.4 Å². The lowest BCUT2D eigenvalue weighted by Crippen LogP contribution is -2.36. The number of carbonyl (C=O) groups excluding carboxylic acids is 1. The third-order valence-corrected chi connectivity index (χ3v) is 6.95. The summed E-state index contributed by atoms with van der Waals surface area (Å²) >= 11 is 2.88. The predicted molar refractivity (Wildman–Crippen MR) is 124 cm³/mol. The van der Waals surface area contributed by atoms with E-state index >= 15 is 0 Å². The van der Waals surface area contributed by atoms with E-state index in [-0.39, 0.29) is 11.7 Å². The number of benzene rings is 1. The van der Waals surface area contributed by atoms with Crippen molar-refractivity contribution >= 4 is 50.2 Å². The molecular weight excluding hydrogens is 454 g/mol. The highest BCUT2D eigenvalue weighted by atomic mass is 32.2. The van der Waals surface area contributed by atoms with Gasteiger partial charge in [0.15, 0.2) is 22.3 Å². The molecule has 12 heteroatoms. The van der Waals surface area contributed by atoms with Crippen molar-refractivity contribution in [3.8, 4) is 17.2 Å². The zero-order valence-electron chi connectivity index (χ0n) is 17.9. The number of methoxy groups -OCH3 is 3. The lowest BCUT2D eigenvalue weighted by Gasteiger charge is -2.25. The number of morpholine rings is 1. The van der Waals surface area contributed by atoms with Gasteiger partial charge in [0.1, 0.15) is 16.1 Å². The summed E-state index contributed by atoms with van der Waals surface area (Å²) in [5, 5.41) is 4.49. The van der Waals surface area contributed by atoms with Crippen molar-refractivity contribution in [2.75, 3.05) is 63.6 Å². The van der Waals surface area contributed by atoms with Gasteiger partial charge < -0.3 is 29.2 Å². The third-order valence-electron chi connectivity index (χ3n) is 4.72. The number of rotatable bonds is 8. The molecule has 0 bridgehead atoms. The van der Waals surface area contributed by atoms with Gasteiger partial charge in [-0.05, 0) is 0 Å². The number of ether oxygens (including phenoxy) is 4. The highest BCUT2D eigenvalue weighted by molar-refractivity contribution is 8.00. The molecule has 1 N–H and O–H groups in total. The van der Waals surface area contributed by atoms with E-state index in [9.17, 15) is 4.79 Å². The fourth-order valence-electron chi connectivity index (χ4n) is 3.20. The monoisotopic (exact) mass is 477 g/mol. The average molecular weight is 478 g/mol. The number of nitrogens with one attached hydrogen (secondary N) is 1. The number of nitrogens with zero attached hydrogens (tertiary/aromatic N) is 4. The highest BCUT2D eigenvalue weighted by Crippen LogP contribution is 2.40. The topological polar surface area (TPSA) is 108 Å². The smallest absolute Gasteiger partial charge is 0.234 e. The van der Waals surface area contributed by atoms with E-state index in [2.05, 4.69) is 25.2 Å². The SMILES string of the molecule is COc1cc(NC(=O)CSc2ncnc3nc(N4CCOCC4)sc23)cc(OC)c1OC. The number of fused-ring (bicyclic) bond motifs is 1. The quantitative estimate of drug-likeness (QED) is 0.384. The zero-order chi connectivity index (χ0) is 22.5. The van der Waals surface area contributed by atoms with Crippen LogP contribution >= 0.6 is 23.1 Å². The second-order valence-corrected chi connectivity index (χ2v) is 8.62. The molecule has 1 aliphatic heterocycles. The number of thiazole rings is 1. The van der Waals surface area contributed by atoms with Crippen LogP contribution in [0, 0.1) is 0 Å². The number of anilines is 2. The first kappa shape index (κ1) is 22.4. The van der Waals surface area contributed by atoms with Crippen molar-refractivity contribution in [3.05, 3.63) is 18.5 Å². The Hall–Kier alpha value is -2.83. The molecule has 32 heavy (non-hydrogen) atoms. The van der Waals surface area contributed by atoms with Gasteiger partial charge in [-0.2, -0.15) is 4.98 Å². The molecule has 0 aliphatic carbocycles. The van der Waals surface area contributed by atoms with Gasteiger partial charge in [0.2, 0.25) is 11.7 Å². The minimum absolute atomic E-state index is 0.174. The summed E-state index contributed by atoms with van der Waals surface area (Å²) in [5.41, 5.74) is 1.18. The first-order valence-corrected chi connectivity index (χ1v) is 11.6. The highest BCUT2D eigenvalue weighted by Gasteiger charge is 2.19. The Morgan fingerprint density at radius 1 is 1.16 bits per heavy atom. The van der Waals surface area contributed by atoms with Crippen LogP contribution in [0.4, 0.5) is 10.8 Å². The summed E-state index contributed by atoms with van der Waals surface area (Å²) in [5.74, 6) is 1.38. The van der Waals surface area contributed by atoms with Crippen molar-refractivity contribution in [2.24, 2.45) is 0 Å². The molecule has 0 spiro atoms. The minimum atomic E-state index is -0.186. The molecule has 0 unspecified atom stereocenters. The summed E-state index contributed by atoms with van der Waals surface area (Å²) in [4.78, 5) is 28.1. The van der Waals surface area contributed by atoms with Gasteiger partial charge in [-0.3, -0.25) is 4.79 Å². The number of aromatic nitrogens is 3. The summed E-state index contributed by atoms with van der Waals surface area (Å²) < 4.78 is 22.3. The van der Waals surface area contributed by atoms with Gasteiger partial charge in [-0.1, -0.05) is 23.1 Å². The summed E-state index contributed by atoms with van der Waals surface area (Å²) in [6, 6.07) is 3.37. The molecule has 170 valence electrons. The average Bonchev–Trinajstić information content (AvgIpc) is 3.27. The van der Waals surface area contributed by atoms with Crippen molar-refractivity contribution in [2.45, 2.75) is 5.03 Å². The van der Waals surface area contributed by atoms with E-state index in [1.165, 1.54) is 50.8 Å². The molecular formula is C20H23N5O5S2. The normalized spacial score (nSPS) is 13.8. The van der Waals surface area contributed by atoms with Crippen LogP contribution in [0.15, 0.2) is 23.5 Å². The molecule has 10 nitrogen and oxygen atoms in total. The maximum Gasteiger partial charge on any atom is 0.234 e. The van der Waals surface area contributed by atoms with Gasteiger partial charge in [0, 0.05) is 30.9 Å². The Labute approximate surface area is 193 Å². The van der Waals surface area contributed by atoms with Gasteiger partial charge in [-0.25, -0.2) is 9.97 Å². The zero-order valence-corrected chi connectivity index (χ0v) is 19.5. The Balaban J connectivity index is 1.45. The molecule has 1 fully saturated rings. The molecule has 1 aromatic carbocycles. The fourth-order valence-corrected chi connectivity index (χ4v) is 5.14. The van der Waals surface area contributed by atoms with Crippen LogP contribution in [0.3, 0.4) is 0 Å². The second kappa shape index (κ2) is 10.2. The van der Waals surface area contributed by atoms with Crippen LogP contribution in [0.5, 0.6) is 17.2 Å². The van der Waals surface area contributed by atoms with Crippen LogP contribution in [0.2, 0.25) is 0 Å². The van der Waals surface area contributed by atoms with E-state index in [0.717, 1.165) is 27.9 Å². The molecule has 0 radical (unpaired) electrons. The Morgan fingerprint density at radius 3 is 2.53 bits per heavy atom. The van der Waals surface area contributed by atoms with Crippen molar-refractivity contribution in [3.63, 3.8) is 0 Å². The number of thioether (sulfide) groups is 1. The summed E-state index contributed by atoms with van der Waals surface area (Å²) in [6.07, 6.45) is 1.48. The van der Waals surface area contributed by atoms with Crippen LogP contribution in [0.1, 0.15) is 0 Å². The van der Waals surface area contributed by atoms with Crippen molar-refractivity contribution in [1.29, 1.82) is 0 Å². The Morgan fingerprint density at radius 2 is 1.88 bits per heavy atom. The van der Waals surface area contributed by atoms with Gasteiger partial charge in [0.25, 0.3) is 0 Å². The molecule has 0 atom stereocenters. The van der Waals surface area contributed by atoms with E-state index < -0.39 is 0 Å². The molecule has 0 saturated carbocycles. The van der Waals surface area contributed by atoms with Crippen LogP contribution in [-0.4, -0.2) is 74.2 Å². The van der Waals surface area contributed by atoms with Crippen LogP contribution in [-0.2, 0) is 9.53 Å². The Bertz CT molecular complexity index is 1080. The molecule has 2 aromatic heterocycles. The number of carbonyl (C=O) groups is 1. The predicted octanol–water partition coefficient (Wildman–Crippen LogP) is 2.68. The van der Waals surface area contributed by atoms with Gasteiger partial charge >= 0.3 is 0 Å². The largest absolute Gasteiger partial charge is 0.493 e. The second-order valence-electron chi connectivity index (χ2n) is 6.68. The molecule has 3 aromatic rings. The minimum Gasteiger partial charge on any atom is -0.493 e. The van der Waals surface area contributed by atoms with Crippen molar-refractivity contribution < 1.29 is 23.7 Å². The molecule has 1 aliphatic rings. The Kier molecular flexibility index (Phi) is 7.12.